The smallest absolute Gasteiger partial charge is 0.277 e. The van der Waals surface area contributed by atoms with E-state index in [-0.39, 0.29) is 17.7 Å². The van der Waals surface area contributed by atoms with Crippen LogP contribution in [0.5, 0.6) is 0 Å². The third-order valence-corrected chi connectivity index (χ3v) is 4.69. The lowest BCUT2D eigenvalue weighted by Crippen LogP contribution is -2.34. The van der Waals surface area contributed by atoms with Crippen molar-refractivity contribution in [1.29, 1.82) is 0 Å². The zero-order chi connectivity index (χ0) is 18.2. The minimum absolute atomic E-state index is 0.0324. The van der Waals surface area contributed by atoms with Gasteiger partial charge in [-0.25, -0.2) is 0 Å². The number of thioether (sulfide) groups is 1. The number of rotatable bonds is 8. The molecule has 26 heavy (non-hydrogen) atoms. The van der Waals surface area contributed by atoms with Gasteiger partial charge in [0.25, 0.3) is 5.22 Å². The van der Waals surface area contributed by atoms with Crippen molar-refractivity contribution in [2.75, 3.05) is 5.75 Å². The second-order valence-corrected chi connectivity index (χ2v) is 6.95. The van der Waals surface area contributed by atoms with E-state index in [9.17, 15) is 4.79 Å². The lowest BCUT2D eigenvalue weighted by molar-refractivity contribution is -0.119. The Labute approximate surface area is 157 Å². The van der Waals surface area contributed by atoms with Crippen LogP contribution in [0.3, 0.4) is 0 Å². The highest BCUT2D eigenvalue weighted by atomic mass is 32.2. The monoisotopic (exact) mass is 367 g/mol. The first-order valence-corrected chi connectivity index (χ1v) is 9.54. The van der Waals surface area contributed by atoms with Gasteiger partial charge < -0.3 is 9.73 Å². The fourth-order valence-electron chi connectivity index (χ4n) is 2.51. The molecule has 1 heterocycles. The first-order valence-electron chi connectivity index (χ1n) is 8.56. The lowest BCUT2D eigenvalue weighted by atomic mass is 10.1. The molecule has 0 unspecified atom stereocenters. The van der Waals surface area contributed by atoms with Crippen LogP contribution in [0.1, 0.15) is 18.9 Å². The van der Waals surface area contributed by atoms with Crippen LogP contribution in [-0.2, 0) is 11.2 Å². The van der Waals surface area contributed by atoms with Crippen molar-refractivity contribution in [1.82, 2.24) is 15.5 Å². The fourth-order valence-corrected chi connectivity index (χ4v) is 3.08. The van der Waals surface area contributed by atoms with Crippen LogP contribution in [0.2, 0.25) is 0 Å². The van der Waals surface area contributed by atoms with Crippen molar-refractivity contribution < 1.29 is 9.21 Å². The molecule has 0 saturated carbocycles. The van der Waals surface area contributed by atoms with Gasteiger partial charge in [0.2, 0.25) is 11.8 Å². The molecule has 0 radical (unpaired) electrons. The average Bonchev–Trinajstić information content (AvgIpc) is 3.15. The number of carbonyl (C=O) groups is 1. The number of hydrogen-bond acceptors (Lipinski definition) is 5. The third kappa shape index (κ3) is 5.46. The largest absolute Gasteiger partial charge is 0.411 e. The van der Waals surface area contributed by atoms with Crippen LogP contribution in [0.15, 0.2) is 70.3 Å². The molecule has 1 aromatic heterocycles. The van der Waals surface area contributed by atoms with Crippen molar-refractivity contribution in [2.24, 2.45) is 0 Å². The predicted octanol–water partition coefficient (Wildman–Crippen LogP) is 3.97. The highest BCUT2D eigenvalue weighted by molar-refractivity contribution is 7.99. The molecule has 0 aliphatic heterocycles. The molecule has 5 nitrogen and oxygen atoms in total. The highest BCUT2D eigenvalue weighted by Crippen LogP contribution is 2.22. The summed E-state index contributed by atoms with van der Waals surface area (Å²) >= 11 is 1.25. The lowest BCUT2D eigenvalue weighted by Gasteiger charge is -2.13. The van der Waals surface area contributed by atoms with Gasteiger partial charge in [-0.15, -0.1) is 10.2 Å². The van der Waals surface area contributed by atoms with Crippen molar-refractivity contribution >= 4 is 17.7 Å². The number of aromatic nitrogens is 2. The molecule has 6 heteroatoms. The van der Waals surface area contributed by atoms with E-state index in [2.05, 4.69) is 27.6 Å². The Bertz CT molecular complexity index is 821. The number of benzene rings is 2. The molecule has 1 amide bonds. The topological polar surface area (TPSA) is 68.0 Å². The van der Waals surface area contributed by atoms with E-state index < -0.39 is 0 Å². The standard InChI is InChI=1S/C20H21N3O2S/c1-15(12-13-16-8-4-2-5-9-16)21-18(24)14-26-20-23-22-19(25-20)17-10-6-3-7-11-17/h2-11,15H,12-14H2,1H3,(H,21,24)/t15-/m0/s1. The molecule has 0 fully saturated rings. The maximum absolute atomic E-state index is 12.1. The van der Waals surface area contributed by atoms with Gasteiger partial charge in [0.1, 0.15) is 0 Å². The van der Waals surface area contributed by atoms with Crippen molar-refractivity contribution in [3.8, 4) is 11.5 Å². The number of nitrogens with one attached hydrogen (secondary N) is 1. The van der Waals surface area contributed by atoms with E-state index in [0.29, 0.717) is 11.1 Å². The van der Waals surface area contributed by atoms with Crippen LogP contribution in [-0.4, -0.2) is 27.9 Å². The molecule has 1 atom stereocenters. The second kappa shape index (κ2) is 9.20. The number of amides is 1. The Kier molecular flexibility index (Phi) is 6.44. The minimum atomic E-state index is -0.0324. The summed E-state index contributed by atoms with van der Waals surface area (Å²) < 4.78 is 5.59. The molecule has 0 spiro atoms. The van der Waals surface area contributed by atoms with Gasteiger partial charge in [0.15, 0.2) is 0 Å². The van der Waals surface area contributed by atoms with Crippen LogP contribution >= 0.6 is 11.8 Å². The van der Waals surface area contributed by atoms with Crippen molar-refractivity contribution in [2.45, 2.75) is 31.0 Å². The van der Waals surface area contributed by atoms with Crippen LogP contribution in [0.4, 0.5) is 0 Å². The van der Waals surface area contributed by atoms with E-state index >= 15 is 0 Å². The zero-order valence-electron chi connectivity index (χ0n) is 14.6. The van der Waals surface area contributed by atoms with Crippen molar-refractivity contribution in [3.63, 3.8) is 0 Å². The molecular formula is C20H21N3O2S. The Balaban J connectivity index is 1.42. The molecule has 0 saturated heterocycles. The summed E-state index contributed by atoms with van der Waals surface area (Å²) in [6, 6.07) is 20.0. The van der Waals surface area contributed by atoms with E-state index in [1.165, 1.54) is 17.3 Å². The molecule has 1 N–H and O–H groups in total. The molecule has 134 valence electrons. The second-order valence-electron chi connectivity index (χ2n) is 6.02. The van der Waals surface area contributed by atoms with Crippen LogP contribution in [0, 0.1) is 0 Å². The Hall–Kier alpha value is -2.60. The summed E-state index contributed by atoms with van der Waals surface area (Å²) in [6.45, 7) is 2.02. The van der Waals surface area contributed by atoms with Gasteiger partial charge in [-0.05, 0) is 37.5 Å². The predicted molar refractivity (Wildman–Crippen MR) is 103 cm³/mol. The highest BCUT2D eigenvalue weighted by Gasteiger charge is 2.12. The number of hydrogen-bond donors (Lipinski definition) is 1. The van der Waals surface area contributed by atoms with Gasteiger partial charge in [0.05, 0.1) is 5.75 Å². The Morgan fingerprint density at radius 2 is 1.77 bits per heavy atom. The Morgan fingerprint density at radius 3 is 2.50 bits per heavy atom. The van der Waals surface area contributed by atoms with Crippen molar-refractivity contribution in [3.05, 3.63) is 66.2 Å². The maximum atomic E-state index is 12.1. The average molecular weight is 367 g/mol. The fraction of sp³-hybridized carbons (Fsp3) is 0.250. The first kappa shape index (κ1) is 18.2. The van der Waals surface area contributed by atoms with Gasteiger partial charge in [-0.2, -0.15) is 0 Å². The summed E-state index contributed by atoms with van der Waals surface area (Å²) in [5, 5.41) is 11.4. The third-order valence-electron chi connectivity index (χ3n) is 3.87. The SMILES string of the molecule is C[C@@H](CCc1ccccc1)NC(=O)CSc1nnc(-c2ccccc2)o1. The van der Waals surface area contributed by atoms with E-state index in [1.54, 1.807) is 0 Å². The zero-order valence-corrected chi connectivity index (χ0v) is 15.4. The van der Waals surface area contributed by atoms with Gasteiger partial charge in [-0.1, -0.05) is 60.3 Å². The van der Waals surface area contributed by atoms with Gasteiger partial charge >= 0.3 is 0 Å². The van der Waals surface area contributed by atoms with E-state index in [0.717, 1.165) is 18.4 Å². The summed E-state index contributed by atoms with van der Waals surface area (Å²) in [4.78, 5) is 12.1. The van der Waals surface area contributed by atoms with Gasteiger partial charge in [-0.3, -0.25) is 4.79 Å². The normalized spacial score (nSPS) is 11.9. The van der Waals surface area contributed by atoms with Crippen LogP contribution in [0.25, 0.3) is 11.5 Å². The number of carbonyl (C=O) groups excluding carboxylic acids is 1. The summed E-state index contributed by atoms with van der Waals surface area (Å²) in [7, 11) is 0. The number of nitrogens with zero attached hydrogens (tertiary/aromatic N) is 2. The first-order chi connectivity index (χ1) is 12.7. The maximum Gasteiger partial charge on any atom is 0.277 e. The quantitative estimate of drug-likeness (QED) is 0.610. The molecule has 0 bridgehead atoms. The molecule has 0 aliphatic carbocycles. The summed E-state index contributed by atoms with van der Waals surface area (Å²) in [5.41, 5.74) is 2.15. The molecule has 3 rings (SSSR count). The van der Waals surface area contributed by atoms with E-state index in [1.807, 2.05) is 55.5 Å². The molecule has 2 aromatic carbocycles. The van der Waals surface area contributed by atoms with E-state index in [4.69, 9.17) is 4.42 Å². The molecule has 0 aliphatic rings. The Morgan fingerprint density at radius 1 is 1.08 bits per heavy atom. The molecular weight excluding hydrogens is 346 g/mol. The van der Waals surface area contributed by atoms with Crippen LogP contribution < -0.4 is 5.32 Å². The minimum Gasteiger partial charge on any atom is -0.411 e. The van der Waals surface area contributed by atoms with Gasteiger partial charge in [0, 0.05) is 11.6 Å². The number of aryl methyl sites for hydroxylation is 1. The summed E-state index contributed by atoms with van der Waals surface area (Å²) in [6.07, 6.45) is 1.85. The summed E-state index contributed by atoms with van der Waals surface area (Å²) in [5.74, 6) is 0.686. The molecule has 3 aromatic rings.